The summed E-state index contributed by atoms with van der Waals surface area (Å²) in [6.45, 7) is 4.27. The van der Waals surface area contributed by atoms with Gasteiger partial charge in [-0.05, 0) is 13.0 Å². The van der Waals surface area contributed by atoms with Crippen LogP contribution in [0.5, 0.6) is 0 Å². The van der Waals surface area contributed by atoms with E-state index in [0.717, 1.165) is 19.5 Å². The fourth-order valence-corrected chi connectivity index (χ4v) is 1.93. The number of aliphatic carboxylic acids is 1. The van der Waals surface area contributed by atoms with E-state index in [0.29, 0.717) is 13.1 Å². The van der Waals surface area contributed by atoms with Gasteiger partial charge in [-0.2, -0.15) is 0 Å². The monoisotopic (exact) mass is 272 g/mol. The van der Waals surface area contributed by atoms with Crippen molar-refractivity contribution in [1.82, 2.24) is 20.7 Å². The second kappa shape index (κ2) is 7.70. The van der Waals surface area contributed by atoms with Crippen molar-refractivity contribution in [1.29, 1.82) is 0 Å². The Morgan fingerprint density at radius 1 is 1.00 bits per heavy atom. The van der Waals surface area contributed by atoms with Gasteiger partial charge in [0.2, 0.25) is 5.91 Å². The lowest BCUT2D eigenvalue weighted by Crippen LogP contribution is -2.46. The predicted octanol–water partition coefficient (Wildman–Crippen LogP) is -1.75. The minimum atomic E-state index is -0.836. The Morgan fingerprint density at radius 3 is 2.11 bits per heavy atom. The zero-order valence-electron chi connectivity index (χ0n) is 11.0. The van der Waals surface area contributed by atoms with Crippen LogP contribution in [0, 0.1) is 0 Å². The van der Waals surface area contributed by atoms with Gasteiger partial charge >= 0.3 is 5.97 Å². The van der Waals surface area contributed by atoms with Crippen molar-refractivity contribution in [2.45, 2.75) is 13.3 Å². The Bertz CT molecular complexity index is 348. The fraction of sp³-hybridized carbons (Fsp3) is 0.727. The highest BCUT2D eigenvalue weighted by atomic mass is 16.4. The number of rotatable bonds is 4. The van der Waals surface area contributed by atoms with Crippen molar-refractivity contribution < 1.29 is 19.5 Å². The molecule has 0 bridgehead atoms. The van der Waals surface area contributed by atoms with Crippen LogP contribution >= 0.6 is 0 Å². The highest BCUT2D eigenvalue weighted by molar-refractivity contribution is 5.81. The van der Waals surface area contributed by atoms with Gasteiger partial charge in [0.25, 0.3) is 5.91 Å². The first-order valence-electron chi connectivity index (χ1n) is 6.19. The summed E-state index contributed by atoms with van der Waals surface area (Å²) in [4.78, 5) is 36.6. The lowest BCUT2D eigenvalue weighted by molar-refractivity contribution is -0.138. The van der Waals surface area contributed by atoms with Crippen LogP contribution in [0.4, 0.5) is 0 Å². The quantitative estimate of drug-likeness (QED) is 0.524. The van der Waals surface area contributed by atoms with E-state index in [4.69, 9.17) is 5.11 Å². The molecule has 1 aliphatic heterocycles. The van der Waals surface area contributed by atoms with E-state index in [9.17, 15) is 14.4 Å². The van der Waals surface area contributed by atoms with E-state index in [-0.39, 0.29) is 24.9 Å². The summed E-state index contributed by atoms with van der Waals surface area (Å²) >= 11 is 0. The third-order valence-electron chi connectivity index (χ3n) is 2.79. The average molecular weight is 272 g/mol. The maximum absolute atomic E-state index is 11.5. The van der Waals surface area contributed by atoms with Crippen molar-refractivity contribution in [2.24, 2.45) is 0 Å². The summed E-state index contributed by atoms with van der Waals surface area (Å²) in [5.41, 5.74) is 4.54. The van der Waals surface area contributed by atoms with Gasteiger partial charge in [-0.3, -0.25) is 35.0 Å². The van der Waals surface area contributed by atoms with E-state index in [1.165, 1.54) is 6.92 Å². The maximum Gasteiger partial charge on any atom is 0.317 e. The molecule has 1 heterocycles. The average Bonchev–Trinajstić information content (AvgIpc) is 2.52. The molecule has 2 amide bonds. The second-order valence-electron chi connectivity index (χ2n) is 4.53. The first-order chi connectivity index (χ1) is 8.97. The summed E-state index contributed by atoms with van der Waals surface area (Å²) in [6.07, 6.45) is 0.820. The molecule has 0 radical (unpaired) electrons. The Kier molecular flexibility index (Phi) is 6.23. The molecular formula is C11H20N4O4. The standard InChI is InChI=1S/C11H20N4O4/c1-9(16)12-13-10(17)7-14-3-2-4-15(6-5-14)8-11(18)19/h2-8H2,1H3,(H,12,16)(H,13,17)(H,18,19). The molecule has 108 valence electrons. The number of carbonyl (C=O) groups excluding carboxylic acids is 2. The molecule has 1 rings (SSSR count). The van der Waals surface area contributed by atoms with Crippen molar-refractivity contribution in [3.63, 3.8) is 0 Å². The van der Waals surface area contributed by atoms with Gasteiger partial charge in [0.1, 0.15) is 0 Å². The van der Waals surface area contributed by atoms with Crippen molar-refractivity contribution >= 4 is 17.8 Å². The molecule has 0 saturated carbocycles. The number of carboxylic acids is 1. The number of hydrogen-bond donors (Lipinski definition) is 3. The molecule has 0 spiro atoms. The highest BCUT2D eigenvalue weighted by Crippen LogP contribution is 2.02. The van der Waals surface area contributed by atoms with Gasteiger partial charge in [0, 0.05) is 26.6 Å². The molecule has 8 nitrogen and oxygen atoms in total. The molecule has 0 aromatic heterocycles. The molecule has 0 atom stereocenters. The topological polar surface area (TPSA) is 102 Å². The van der Waals surface area contributed by atoms with Gasteiger partial charge in [-0.15, -0.1) is 0 Å². The lowest BCUT2D eigenvalue weighted by Gasteiger charge is -2.20. The minimum absolute atomic E-state index is 0.0337. The number of carboxylic acid groups (broad SMARTS) is 1. The molecule has 1 fully saturated rings. The summed E-state index contributed by atoms with van der Waals surface area (Å²) in [6, 6.07) is 0. The van der Waals surface area contributed by atoms with Crippen LogP contribution in [0.1, 0.15) is 13.3 Å². The molecule has 8 heteroatoms. The van der Waals surface area contributed by atoms with Gasteiger partial charge in [0.15, 0.2) is 0 Å². The summed E-state index contributed by atoms with van der Waals surface area (Å²) in [5, 5.41) is 8.73. The predicted molar refractivity (Wildman–Crippen MR) is 67.1 cm³/mol. The minimum Gasteiger partial charge on any atom is -0.480 e. The van der Waals surface area contributed by atoms with Crippen LogP contribution in [-0.2, 0) is 14.4 Å². The molecular weight excluding hydrogens is 252 g/mol. The molecule has 19 heavy (non-hydrogen) atoms. The molecule has 0 aliphatic carbocycles. The summed E-state index contributed by atoms with van der Waals surface area (Å²) < 4.78 is 0. The SMILES string of the molecule is CC(=O)NNC(=O)CN1CCCN(CC(=O)O)CC1. The Hall–Kier alpha value is -1.67. The molecule has 1 saturated heterocycles. The number of hydrazine groups is 1. The molecule has 0 aromatic rings. The smallest absolute Gasteiger partial charge is 0.317 e. The highest BCUT2D eigenvalue weighted by Gasteiger charge is 2.18. The number of carbonyl (C=O) groups is 3. The molecule has 3 N–H and O–H groups in total. The van der Waals surface area contributed by atoms with E-state index < -0.39 is 5.97 Å². The first-order valence-corrected chi connectivity index (χ1v) is 6.19. The zero-order chi connectivity index (χ0) is 14.3. The van der Waals surface area contributed by atoms with Crippen LogP contribution in [0.15, 0.2) is 0 Å². The first kappa shape index (κ1) is 15.4. The van der Waals surface area contributed by atoms with Gasteiger partial charge < -0.3 is 5.11 Å². The molecule has 1 aliphatic rings. The third-order valence-corrected chi connectivity index (χ3v) is 2.79. The Morgan fingerprint density at radius 2 is 1.58 bits per heavy atom. The fourth-order valence-electron chi connectivity index (χ4n) is 1.93. The molecule has 0 aromatic carbocycles. The largest absolute Gasteiger partial charge is 0.480 e. The molecule has 0 unspecified atom stereocenters. The Labute approximate surface area is 111 Å². The summed E-state index contributed by atoms with van der Waals surface area (Å²) in [5.74, 6) is -1.43. The van der Waals surface area contributed by atoms with Crippen LogP contribution in [-0.4, -0.2) is 72.0 Å². The van der Waals surface area contributed by atoms with Gasteiger partial charge in [-0.25, -0.2) is 0 Å². The van der Waals surface area contributed by atoms with Crippen molar-refractivity contribution in [3.8, 4) is 0 Å². The van der Waals surface area contributed by atoms with Crippen molar-refractivity contribution in [2.75, 3.05) is 39.3 Å². The maximum atomic E-state index is 11.5. The number of hydrogen-bond acceptors (Lipinski definition) is 5. The van der Waals surface area contributed by atoms with E-state index in [2.05, 4.69) is 10.9 Å². The third kappa shape index (κ3) is 6.73. The van der Waals surface area contributed by atoms with Crippen molar-refractivity contribution in [3.05, 3.63) is 0 Å². The number of nitrogens with one attached hydrogen (secondary N) is 2. The van der Waals surface area contributed by atoms with Crippen LogP contribution < -0.4 is 10.9 Å². The second-order valence-corrected chi connectivity index (χ2v) is 4.53. The zero-order valence-corrected chi connectivity index (χ0v) is 11.0. The van der Waals surface area contributed by atoms with Gasteiger partial charge in [-0.1, -0.05) is 0 Å². The lowest BCUT2D eigenvalue weighted by atomic mass is 10.3. The number of nitrogens with zero attached hydrogens (tertiary/aromatic N) is 2. The van der Waals surface area contributed by atoms with Crippen LogP contribution in [0.3, 0.4) is 0 Å². The van der Waals surface area contributed by atoms with Crippen LogP contribution in [0.2, 0.25) is 0 Å². The summed E-state index contributed by atoms with van der Waals surface area (Å²) in [7, 11) is 0. The van der Waals surface area contributed by atoms with Crippen LogP contribution in [0.25, 0.3) is 0 Å². The van der Waals surface area contributed by atoms with E-state index in [1.54, 1.807) is 0 Å². The van der Waals surface area contributed by atoms with Gasteiger partial charge in [0.05, 0.1) is 13.1 Å². The Balaban J connectivity index is 2.30. The number of amides is 2. The van der Waals surface area contributed by atoms with E-state index in [1.807, 2.05) is 9.80 Å². The van der Waals surface area contributed by atoms with E-state index >= 15 is 0 Å². The normalized spacial score (nSPS) is 17.5.